The van der Waals surface area contributed by atoms with E-state index in [1.54, 1.807) is 0 Å². The maximum absolute atomic E-state index is 13.6. The van der Waals surface area contributed by atoms with Gasteiger partial charge in [-0.25, -0.2) is 4.79 Å². The third-order valence-corrected chi connectivity index (χ3v) is 7.25. The number of phenolic OH excluding ortho intramolecular Hbond substituents is 1. The predicted octanol–water partition coefficient (Wildman–Crippen LogP) is 1.48. The fourth-order valence-corrected chi connectivity index (χ4v) is 5.47. The van der Waals surface area contributed by atoms with E-state index in [-0.39, 0.29) is 48.2 Å². The second kappa shape index (κ2) is 9.14. The highest BCUT2D eigenvalue weighted by Crippen LogP contribution is 2.53. The maximum Gasteiger partial charge on any atom is 0.411 e. The molecule has 1 aromatic carbocycles. The molecule has 0 bridgehead atoms. The van der Waals surface area contributed by atoms with Crippen LogP contribution >= 0.6 is 0 Å². The van der Waals surface area contributed by atoms with E-state index in [1.807, 2.05) is 20.8 Å². The van der Waals surface area contributed by atoms with Crippen molar-refractivity contribution in [2.45, 2.75) is 52.2 Å². The number of anilines is 1. The summed E-state index contributed by atoms with van der Waals surface area (Å²) in [5.74, 6) is -7.31. The van der Waals surface area contributed by atoms with Crippen molar-refractivity contribution in [3.63, 3.8) is 0 Å². The van der Waals surface area contributed by atoms with Gasteiger partial charge < -0.3 is 36.6 Å². The highest BCUT2D eigenvalue weighted by Gasteiger charge is 2.60. The number of nitrogens with two attached hydrogens (primary N) is 2. The van der Waals surface area contributed by atoms with E-state index in [2.05, 4.69) is 5.32 Å². The number of rotatable bonds is 4. The summed E-state index contributed by atoms with van der Waals surface area (Å²) in [7, 11) is 0. The normalized spacial score (nSPS) is 25.0. The molecular formula is C26H31N3O9. The number of aliphatic hydroxyl groups is 3. The molecule has 3 aliphatic carbocycles. The average Bonchev–Trinajstić information content (AvgIpc) is 2.81. The first kappa shape index (κ1) is 27.1. The highest BCUT2D eigenvalue weighted by atomic mass is 16.5. The van der Waals surface area contributed by atoms with Crippen molar-refractivity contribution in [1.82, 2.24) is 0 Å². The number of nitrogens with one attached hydrogen (secondary N) is 1. The number of ether oxygens (including phenoxy) is 1. The number of Topliss-reactive ketones (excluding diaryl/α,β-unsaturated/α-hetero) is 2. The number of primary amides is 1. The van der Waals surface area contributed by atoms with Gasteiger partial charge in [-0.3, -0.25) is 19.7 Å². The molecule has 3 unspecified atom stereocenters. The van der Waals surface area contributed by atoms with Crippen molar-refractivity contribution < 1.29 is 44.3 Å². The van der Waals surface area contributed by atoms with Crippen LogP contribution in [0.25, 0.3) is 5.76 Å². The Morgan fingerprint density at radius 3 is 2.42 bits per heavy atom. The summed E-state index contributed by atoms with van der Waals surface area (Å²) >= 11 is 0. The molecule has 3 aliphatic rings. The van der Waals surface area contributed by atoms with E-state index in [0.717, 1.165) is 0 Å². The smallest absolute Gasteiger partial charge is 0.411 e. The van der Waals surface area contributed by atoms with Crippen LogP contribution in [0.15, 0.2) is 23.0 Å². The van der Waals surface area contributed by atoms with Gasteiger partial charge in [0.15, 0.2) is 11.4 Å². The van der Waals surface area contributed by atoms with Crippen LogP contribution in [0.4, 0.5) is 10.5 Å². The van der Waals surface area contributed by atoms with Crippen molar-refractivity contribution in [2.24, 2.45) is 28.7 Å². The highest BCUT2D eigenvalue weighted by molar-refractivity contribution is 6.22. The number of carbonyl (C=O) groups is 4. The van der Waals surface area contributed by atoms with E-state index in [1.165, 1.54) is 6.07 Å². The number of carbonyl (C=O) groups excluding carboxylic acids is 4. The minimum absolute atomic E-state index is 0.00677. The number of amides is 2. The zero-order valence-electron chi connectivity index (χ0n) is 21.3. The van der Waals surface area contributed by atoms with Crippen molar-refractivity contribution in [1.29, 1.82) is 0 Å². The maximum atomic E-state index is 13.6. The van der Waals surface area contributed by atoms with Crippen LogP contribution in [0.2, 0.25) is 0 Å². The Labute approximate surface area is 217 Å². The van der Waals surface area contributed by atoms with Crippen molar-refractivity contribution in [2.75, 3.05) is 11.9 Å². The molecule has 3 atom stereocenters. The minimum atomic E-state index is -2.66. The standard InChI is InChI=1S/C26H31N3O9/c1-25(2,3)9-38-24(36)29-14-6-11(8-27)13-5-10-4-12-7-15(30)18(23(28)35)22(34)26(12,37)21(33)16(10)20(32)17(13)19(14)31/h6,10,12,31-32,34,37H,4-5,7-9,27H2,1-3H3,(H2,28,35)(H,29,36). The number of benzene rings is 1. The lowest BCUT2D eigenvalue weighted by atomic mass is 9.59. The van der Waals surface area contributed by atoms with Gasteiger partial charge in [0.05, 0.1) is 17.9 Å². The van der Waals surface area contributed by atoms with Crippen LogP contribution in [0.5, 0.6) is 5.75 Å². The first-order valence-corrected chi connectivity index (χ1v) is 12.1. The molecule has 0 spiro atoms. The van der Waals surface area contributed by atoms with E-state index in [4.69, 9.17) is 16.2 Å². The van der Waals surface area contributed by atoms with Crippen LogP contribution in [0.1, 0.15) is 50.3 Å². The molecule has 0 radical (unpaired) electrons. The van der Waals surface area contributed by atoms with Crippen molar-refractivity contribution in [3.05, 3.63) is 39.7 Å². The van der Waals surface area contributed by atoms with E-state index in [0.29, 0.717) is 11.1 Å². The third kappa shape index (κ3) is 4.19. The van der Waals surface area contributed by atoms with Crippen molar-refractivity contribution in [3.8, 4) is 5.75 Å². The quantitative estimate of drug-likeness (QED) is 0.220. The topological polar surface area (TPSA) is 222 Å². The average molecular weight is 530 g/mol. The van der Waals surface area contributed by atoms with Gasteiger partial charge in [-0.1, -0.05) is 20.8 Å². The summed E-state index contributed by atoms with van der Waals surface area (Å²) < 4.78 is 5.18. The lowest BCUT2D eigenvalue weighted by Gasteiger charge is -2.46. The number of hydrogen-bond donors (Lipinski definition) is 7. The Morgan fingerprint density at radius 1 is 1.18 bits per heavy atom. The van der Waals surface area contributed by atoms with Gasteiger partial charge in [0.25, 0.3) is 5.91 Å². The molecule has 204 valence electrons. The zero-order valence-corrected chi connectivity index (χ0v) is 21.3. The summed E-state index contributed by atoms with van der Waals surface area (Å²) in [6, 6.07) is 1.45. The van der Waals surface area contributed by atoms with E-state index in [9.17, 15) is 39.6 Å². The molecule has 4 rings (SSSR count). The van der Waals surface area contributed by atoms with Crippen LogP contribution in [-0.4, -0.2) is 56.2 Å². The number of aliphatic hydroxyl groups excluding tert-OH is 2. The Bertz CT molecular complexity index is 1340. The minimum Gasteiger partial charge on any atom is -0.508 e. The lowest BCUT2D eigenvalue weighted by molar-refractivity contribution is -0.147. The molecule has 12 heteroatoms. The Kier molecular flexibility index (Phi) is 6.53. The monoisotopic (exact) mass is 529 g/mol. The second-order valence-electron chi connectivity index (χ2n) is 11.2. The molecule has 0 aromatic heterocycles. The molecule has 38 heavy (non-hydrogen) atoms. The number of aromatic hydroxyl groups is 1. The predicted molar refractivity (Wildman–Crippen MR) is 134 cm³/mol. The molecular weight excluding hydrogens is 498 g/mol. The summed E-state index contributed by atoms with van der Waals surface area (Å²) in [4.78, 5) is 50.2. The zero-order chi connectivity index (χ0) is 28.3. The molecule has 1 saturated carbocycles. The van der Waals surface area contributed by atoms with Gasteiger partial charge in [0, 0.05) is 24.5 Å². The second-order valence-corrected chi connectivity index (χ2v) is 11.2. The van der Waals surface area contributed by atoms with Gasteiger partial charge in [0.2, 0.25) is 5.78 Å². The summed E-state index contributed by atoms with van der Waals surface area (Å²) in [6.45, 7) is 5.66. The molecule has 12 nitrogen and oxygen atoms in total. The van der Waals surface area contributed by atoms with Gasteiger partial charge >= 0.3 is 6.09 Å². The molecule has 0 aliphatic heterocycles. The fraction of sp³-hybridized carbons (Fsp3) is 0.462. The van der Waals surface area contributed by atoms with Crippen LogP contribution in [0.3, 0.4) is 0 Å². The van der Waals surface area contributed by atoms with Gasteiger partial charge in [-0.15, -0.1) is 0 Å². The SMILES string of the molecule is CC(C)(C)COC(=O)Nc1cc(CN)c2c(c1O)C(O)=C1C(=O)C3(O)C(O)=C(C(N)=O)C(=O)CC3CC1C2. The Hall–Kier alpha value is -3.90. The number of hydrogen-bond acceptors (Lipinski definition) is 10. The Morgan fingerprint density at radius 2 is 1.84 bits per heavy atom. The summed E-state index contributed by atoms with van der Waals surface area (Å²) in [5, 5.41) is 46.7. The Balaban J connectivity index is 1.81. The molecule has 2 amide bonds. The molecule has 1 aromatic rings. The molecule has 0 saturated heterocycles. The lowest BCUT2D eigenvalue weighted by Crippen LogP contribution is -2.58. The number of fused-ring (bicyclic) bond motifs is 3. The van der Waals surface area contributed by atoms with Gasteiger partial charge in [-0.2, -0.15) is 0 Å². The van der Waals surface area contributed by atoms with E-state index >= 15 is 0 Å². The third-order valence-electron chi connectivity index (χ3n) is 7.25. The number of phenols is 1. The van der Waals surface area contributed by atoms with Gasteiger partial charge in [0.1, 0.15) is 22.8 Å². The van der Waals surface area contributed by atoms with Crippen LogP contribution < -0.4 is 16.8 Å². The van der Waals surface area contributed by atoms with Gasteiger partial charge in [-0.05, 0) is 41.4 Å². The molecule has 1 fully saturated rings. The largest absolute Gasteiger partial charge is 0.508 e. The first-order valence-electron chi connectivity index (χ1n) is 12.1. The fourth-order valence-electron chi connectivity index (χ4n) is 5.47. The molecule has 0 heterocycles. The first-order chi connectivity index (χ1) is 17.6. The van der Waals surface area contributed by atoms with Crippen LogP contribution in [-0.2, 0) is 32.1 Å². The van der Waals surface area contributed by atoms with E-state index < -0.39 is 70.3 Å². The molecule has 9 N–H and O–H groups in total. The number of ketones is 2. The van der Waals surface area contributed by atoms with Crippen molar-refractivity contribution >= 4 is 35.0 Å². The summed E-state index contributed by atoms with van der Waals surface area (Å²) in [6.07, 6.45) is -1.14. The van der Waals surface area contributed by atoms with Crippen LogP contribution in [0, 0.1) is 17.3 Å². The summed E-state index contributed by atoms with van der Waals surface area (Å²) in [5.41, 5.74) is 7.64.